The van der Waals surface area contributed by atoms with Gasteiger partial charge >= 0.3 is 15.2 Å². The number of aliphatic hydroxyl groups excluding tert-OH is 1. The molecule has 2 rings (SSSR count). The van der Waals surface area contributed by atoms with Crippen molar-refractivity contribution < 1.29 is 33.8 Å². The smallest absolute Gasteiger partial charge is 0.352 e. The van der Waals surface area contributed by atoms with E-state index in [4.69, 9.17) is 5.73 Å². The molecule has 0 fully saturated rings. The van der Waals surface area contributed by atoms with E-state index in [1.165, 1.54) is 31.2 Å². The molecular weight excluding hydrogens is 332 g/mol. The van der Waals surface area contributed by atoms with E-state index in [2.05, 4.69) is 0 Å². The first-order chi connectivity index (χ1) is 10.00. The van der Waals surface area contributed by atoms with Crippen LogP contribution in [0.15, 0.2) is 29.8 Å². The van der Waals surface area contributed by atoms with E-state index in [1.54, 1.807) is 0 Å². The van der Waals surface area contributed by atoms with Gasteiger partial charge in [0.1, 0.15) is 0 Å². The Bertz CT molecular complexity index is 711. The summed E-state index contributed by atoms with van der Waals surface area (Å²) in [6.45, 7) is 1.51. The van der Waals surface area contributed by atoms with E-state index in [0.29, 0.717) is 0 Å². The molecule has 0 saturated carbocycles. The molecule has 1 aliphatic rings. The number of hydrogen-bond donors (Lipinski definition) is 6. The van der Waals surface area contributed by atoms with Crippen molar-refractivity contribution >= 4 is 20.9 Å². The van der Waals surface area contributed by atoms with Crippen molar-refractivity contribution in [2.75, 3.05) is 0 Å². The fraction of sp³-hybridized carbons (Fsp3) is 0.333. The molecule has 1 aromatic carbocycles. The number of fused-ring (bicyclic) bond motifs is 1. The third-order valence-corrected chi connectivity index (χ3v) is 8.03. The highest BCUT2D eigenvalue weighted by molar-refractivity contribution is 7.72. The topological polar surface area (TPSA) is 161 Å². The summed E-state index contributed by atoms with van der Waals surface area (Å²) in [7, 11) is -10.8. The van der Waals surface area contributed by atoms with Gasteiger partial charge in [0.15, 0.2) is 0 Å². The first kappa shape index (κ1) is 17.4. The number of rotatable bonds is 4. The molecule has 22 heavy (non-hydrogen) atoms. The van der Waals surface area contributed by atoms with Crippen LogP contribution >= 0.6 is 15.2 Å². The van der Waals surface area contributed by atoms with Crippen LogP contribution < -0.4 is 5.73 Å². The number of aliphatic hydroxyl groups is 1. The average molecular weight is 349 g/mol. The maximum atomic E-state index is 12.1. The first-order valence-electron chi connectivity index (χ1n) is 6.39. The minimum atomic E-state index is -5.42. The molecule has 0 aromatic heterocycles. The van der Waals surface area contributed by atoms with Crippen LogP contribution in [0.3, 0.4) is 0 Å². The summed E-state index contributed by atoms with van der Waals surface area (Å²) in [4.78, 5) is 36.3. The van der Waals surface area contributed by atoms with Crippen LogP contribution in [0.25, 0.3) is 5.70 Å². The predicted molar refractivity (Wildman–Crippen MR) is 79.6 cm³/mol. The summed E-state index contributed by atoms with van der Waals surface area (Å²) < 4.78 is 24.3. The molecule has 1 aliphatic carbocycles. The fourth-order valence-corrected chi connectivity index (χ4v) is 6.45. The zero-order valence-electron chi connectivity index (χ0n) is 11.6. The van der Waals surface area contributed by atoms with Gasteiger partial charge in [-0.2, -0.15) is 0 Å². The Morgan fingerprint density at radius 3 is 2.09 bits per heavy atom. The summed E-state index contributed by atoms with van der Waals surface area (Å²) in [5.74, 6) is 0. The Hall–Kier alpha value is -0.980. The molecule has 0 spiro atoms. The zero-order chi connectivity index (χ0) is 16.9. The summed E-state index contributed by atoms with van der Waals surface area (Å²) in [5, 5.41) is 10.1. The van der Waals surface area contributed by atoms with Gasteiger partial charge in [-0.05, 0) is 12.0 Å². The quantitative estimate of drug-likeness (QED) is 0.432. The van der Waals surface area contributed by atoms with Gasteiger partial charge in [-0.25, -0.2) is 0 Å². The van der Waals surface area contributed by atoms with Gasteiger partial charge in [-0.1, -0.05) is 31.2 Å². The molecule has 1 atom stereocenters. The zero-order valence-corrected chi connectivity index (χ0v) is 13.4. The van der Waals surface area contributed by atoms with Crippen LogP contribution in [0.4, 0.5) is 0 Å². The molecule has 0 amide bonds. The van der Waals surface area contributed by atoms with Gasteiger partial charge in [0, 0.05) is 16.8 Å². The maximum Gasteiger partial charge on any atom is 0.352 e. The van der Waals surface area contributed by atoms with Crippen LogP contribution in [0.5, 0.6) is 0 Å². The number of nitrogens with two attached hydrogens (primary N) is 1. The molecular formula is C12H17NO7P2. The lowest BCUT2D eigenvalue weighted by atomic mass is 10.0. The Kier molecular flexibility index (Phi) is 4.17. The lowest BCUT2D eigenvalue weighted by molar-refractivity contribution is 0.194. The molecule has 10 heteroatoms. The van der Waals surface area contributed by atoms with Gasteiger partial charge in [0.25, 0.3) is 0 Å². The van der Waals surface area contributed by atoms with E-state index >= 15 is 0 Å². The van der Waals surface area contributed by atoms with Crippen LogP contribution in [-0.4, -0.2) is 30.8 Å². The summed E-state index contributed by atoms with van der Waals surface area (Å²) in [6.07, 6.45) is -1.50. The van der Waals surface area contributed by atoms with Crippen LogP contribution in [0, 0.1) is 0 Å². The van der Waals surface area contributed by atoms with Crippen molar-refractivity contribution in [3.05, 3.63) is 41.0 Å². The maximum absolute atomic E-state index is 12.1. The Balaban J connectivity index is 3.02. The molecule has 1 aromatic rings. The molecule has 0 aliphatic heterocycles. The van der Waals surface area contributed by atoms with E-state index in [1.807, 2.05) is 0 Å². The Morgan fingerprint density at radius 2 is 1.64 bits per heavy atom. The van der Waals surface area contributed by atoms with Gasteiger partial charge in [-0.3, -0.25) is 9.13 Å². The standard InChI is InChI=1S/C12H17NO7P2/c1-2-9(14)10-11(13)7-5-3-4-6-8(7)12(10,21(15,16)17)22(18,19)20/h3-6,9,14H,2,13H2,1H3,(H2,15,16,17)(H2,18,19,20). The second kappa shape index (κ2) is 5.28. The number of benzene rings is 1. The van der Waals surface area contributed by atoms with Crippen molar-refractivity contribution in [3.63, 3.8) is 0 Å². The predicted octanol–water partition coefficient (Wildman–Crippen LogP) is 0.649. The Labute approximate surface area is 126 Å². The lowest BCUT2D eigenvalue weighted by Gasteiger charge is -2.35. The summed E-state index contributed by atoms with van der Waals surface area (Å²) in [5.41, 5.74) is 4.98. The van der Waals surface area contributed by atoms with Gasteiger partial charge in [-0.15, -0.1) is 0 Å². The van der Waals surface area contributed by atoms with Crippen molar-refractivity contribution in [1.82, 2.24) is 0 Å². The normalized spacial score (nSPS) is 19.2. The van der Waals surface area contributed by atoms with Gasteiger partial charge in [0.05, 0.1) is 6.10 Å². The molecule has 7 N–H and O–H groups in total. The minimum Gasteiger partial charge on any atom is -0.398 e. The Morgan fingerprint density at radius 1 is 1.14 bits per heavy atom. The molecule has 0 saturated heterocycles. The van der Waals surface area contributed by atoms with E-state index in [-0.39, 0.29) is 23.2 Å². The van der Waals surface area contributed by atoms with Crippen molar-refractivity contribution in [1.29, 1.82) is 0 Å². The SMILES string of the molecule is CCC(O)C1=C(N)c2ccccc2C1(P(=O)(O)O)P(=O)(O)O. The fourth-order valence-electron chi connectivity index (χ4n) is 2.91. The van der Waals surface area contributed by atoms with E-state index in [0.717, 1.165) is 0 Å². The molecule has 122 valence electrons. The molecule has 0 radical (unpaired) electrons. The molecule has 0 bridgehead atoms. The van der Waals surface area contributed by atoms with Crippen LogP contribution in [-0.2, 0) is 14.0 Å². The summed E-state index contributed by atoms with van der Waals surface area (Å²) in [6, 6.07) is 5.53. The highest BCUT2D eigenvalue weighted by atomic mass is 31.2. The number of hydrogen-bond acceptors (Lipinski definition) is 4. The van der Waals surface area contributed by atoms with Crippen molar-refractivity contribution in [3.8, 4) is 0 Å². The average Bonchev–Trinajstić information content (AvgIpc) is 2.68. The van der Waals surface area contributed by atoms with E-state index < -0.39 is 31.8 Å². The lowest BCUT2D eigenvalue weighted by Crippen LogP contribution is -2.33. The van der Waals surface area contributed by atoms with E-state index in [9.17, 15) is 33.8 Å². The molecule has 0 heterocycles. The van der Waals surface area contributed by atoms with Gasteiger partial charge < -0.3 is 30.4 Å². The summed E-state index contributed by atoms with van der Waals surface area (Å²) >= 11 is 0. The third kappa shape index (κ3) is 2.12. The minimum absolute atomic E-state index is 0.00816. The largest absolute Gasteiger partial charge is 0.398 e. The second-order valence-corrected chi connectivity index (χ2v) is 8.93. The molecule has 8 nitrogen and oxygen atoms in total. The van der Waals surface area contributed by atoms with Crippen LogP contribution in [0.2, 0.25) is 0 Å². The van der Waals surface area contributed by atoms with Crippen molar-refractivity contribution in [2.24, 2.45) is 5.73 Å². The highest BCUT2D eigenvalue weighted by Gasteiger charge is 2.68. The van der Waals surface area contributed by atoms with Crippen molar-refractivity contribution in [2.45, 2.75) is 24.3 Å². The van der Waals surface area contributed by atoms with Crippen LogP contribution in [0.1, 0.15) is 24.5 Å². The molecule has 1 unspecified atom stereocenters. The monoisotopic (exact) mass is 349 g/mol. The van der Waals surface area contributed by atoms with Gasteiger partial charge in [0.2, 0.25) is 4.90 Å². The highest BCUT2D eigenvalue weighted by Crippen LogP contribution is 2.80. The third-order valence-electron chi connectivity index (χ3n) is 3.82. The second-order valence-electron chi connectivity index (χ2n) is 5.06. The first-order valence-corrected chi connectivity index (χ1v) is 9.62.